The largest absolute Gasteiger partial charge is 0.493 e. The van der Waals surface area contributed by atoms with Crippen LogP contribution >= 0.6 is 11.3 Å². The molecule has 0 saturated heterocycles. The second kappa shape index (κ2) is 10.0. The monoisotopic (exact) mass is 429 g/mol. The Morgan fingerprint density at radius 2 is 1.93 bits per heavy atom. The highest BCUT2D eigenvalue weighted by Gasteiger charge is 2.28. The van der Waals surface area contributed by atoms with Gasteiger partial charge in [-0.2, -0.15) is 5.10 Å². The summed E-state index contributed by atoms with van der Waals surface area (Å²) in [5.41, 5.74) is 4.10. The summed E-state index contributed by atoms with van der Waals surface area (Å²) in [6, 6.07) is 7.20. The Bertz CT molecular complexity index is 983. The Kier molecular flexibility index (Phi) is 7.18. The van der Waals surface area contributed by atoms with Gasteiger partial charge in [0.15, 0.2) is 0 Å². The number of hydrogen-bond acceptors (Lipinski definition) is 7. The molecule has 1 aliphatic rings. The zero-order valence-electron chi connectivity index (χ0n) is 16.8. The van der Waals surface area contributed by atoms with E-state index in [1.54, 1.807) is 12.1 Å². The van der Waals surface area contributed by atoms with E-state index >= 15 is 0 Å². The Balaban J connectivity index is 1.69. The molecule has 1 aromatic carbocycles. The zero-order chi connectivity index (χ0) is 21.5. The molecule has 1 aromatic heterocycles. The fourth-order valence-corrected chi connectivity index (χ4v) is 4.49. The molecule has 158 valence electrons. The third kappa shape index (κ3) is 4.85. The maximum atomic E-state index is 12.3. The summed E-state index contributed by atoms with van der Waals surface area (Å²) in [5, 5.41) is 6.70. The van der Waals surface area contributed by atoms with E-state index in [1.165, 1.54) is 24.7 Å². The number of thiophene rings is 1. The number of nitrogens with zero attached hydrogens (tertiary/aromatic N) is 1. The second-order valence-electron chi connectivity index (χ2n) is 6.53. The molecule has 2 aromatic rings. The van der Waals surface area contributed by atoms with Crippen molar-refractivity contribution >= 4 is 40.3 Å². The highest BCUT2D eigenvalue weighted by molar-refractivity contribution is 7.17. The van der Waals surface area contributed by atoms with E-state index < -0.39 is 17.8 Å². The molecule has 2 amide bonds. The van der Waals surface area contributed by atoms with Gasteiger partial charge >= 0.3 is 17.8 Å². The van der Waals surface area contributed by atoms with Gasteiger partial charge in [-0.15, -0.1) is 11.3 Å². The summed E-state index contributed by atoms with van der Waals surface area (Å²) in [4.78, 5) is 37.8. The molecule has 0 bridgehead atoms. The molecule has 3 rings (SSSR count). The number of anilines is 1. The van der Waals surface area contributed by atoms with Gasteiger partial charge in [0.1, 0.15) is 10.8 Å². The molecular weight excluding hydrogens is 406 g/mol. The van der Waals surface area contributed by atoms with Crippen molar-refractivity contribution in [3.8, 4) is 5.75 Å². The fourth-order valence-electron chi connectivity index (χ4n) is 3.22. The van der Waals surface area contributed by atoms with E-state index in [0.29, 0.717) is 28.5 Å². The highest BCUT2D eigenvalue weighted by atomic mass is 32.1. The average molecular weight is 429 g/mol. The summed E-state index contributed by atoms with van der Waals surface area (Å²) >= 11 is 1.31. The smallest absolute Gasteiger partial charge is 0.341 e. The summed E-state index contributed by atoms with van der Waals surface area (Å²) < 4.78 is 10.4. The molecule has 0 atom stereocenters. The predicted molar refractivity (Wildman–Crippen MR) is 114 cm³/mol. The molecule has 30 heavy (non-hydrogen) atoms. The molecular formula is C21H23N3O5S. The van der Waals surface area contributed by atoms with Crippen molar-refractivity contribution in [2.75, 3.05) is 19.0 Å². The van der Waals surface area contributed by atoms with Crippen molar-refractivity contribution in [1.29, 1.82) is 0 Å². The number of fused-ring (bicyclic) bond motifs is 1. The van der Waals surface area contributed by atoms with Gasteiger partial charge in [-0.05, 0) is 50.3 Å². The standard InChI is InChI=1S/C21H23N3O5S/c1-3-29-15-10-6-4-8-13(15)12-22-24-19(26)18(25)23-20-17(21(27)28-2)14-9-5-7-11-16(14)30-20/h4,6,8,10,12H,3,5,7,9,11H2,1-2H3,(H,23,25)(H,24,26)/b22-12+. The minimum Gasteiger partial charge on any atom is -0.493 e. The third-order valence-electron chi connectivity index (χ3n) is 4.58. The van der Waals surface area contributed by atoms with E-state index in [1.807, 2.05) is 19.1 Å². The van der Waals surface area contributed by atoms with Crippen LogP contribution in [0.4, 0.5) is 5.00 Å². The number of hydrazone groups is 1. The number of carbonyl (C=O) groups is 3. The van der Waals surface area contributed by atoms with Crippen LogP contribution in [-0.4, -0.2) is 37.7 Å². The number of hydrogen-bond donors (Lipinski definition) is 2. The number of esters is 1. The van der Waals surface area contributed by atoms with Crippen molar-refractivity contribution in [3.05, 3.63) is 45.8 Å². The van der Waals surface area contributed by atoms with Crippen LogP contribution in [0.15, 0.2) is 29.4 Å². The molecule has 0 spiro atoms. The van der Waals surface area contributed by atoms with Crippen molar-refractivity contribution in [3.63, 3.8) is 0 Å². The molecule has 8 nitrogen and oxygen atoms in total. The van der Waals surface area contributed by atoms with E-state index in [4.69, 9.17) is 9.47 Å². The summed E-state index contributed by atoms with van der Waals surface area (Å²) in [5.74, 6) is -1.75. The van der Waals surface area contributed by atoms with Crippen LogP contribution in [-0.2, 0) is 27.2 Å². The van der Waals surface area contributed by atoms with Crippen LogP contribution in [0.3, 0.4) is 0 Å². The van der Waals surface area contributed by atoms with Gasteiger partial charge in [0, 0.05) is 10.4 Å². The van der Waals surface area contributed by atoms with E-state index in [9.17, 15) is 14.4 Å². The van der Waals surface area contributed by atoms with Gasteiger partial charge in [-0.25, -0.2) is 10.2 Å². The van der Waals surface area contributed by atoms with Crippen LogP contribution in [0.1, 0.15) is 46.1 Å². The van der Waals surface area contributed by atoms with Crippen molar-refractivity contribution in [1.82, 2.24) is 5.43 Å². The molecule has 2 N–H and O–H groups in total. The lowest BCUT2D eigenvalue weighted by molar-refractivity contribution is -0.136. The number of carbonyl (C=O) groups excluding carboxylic acids is 3. The van der Waals surface area contributed by atoms with Crippen LogP contribution in [0, 0.1) is 0 Å². The van der Waals surface area contributed by atoms with Gasteiger partial charge in [0.05, 0.1) is 25.5 Å². The highest BCUT2D eigenvalue weighted by Crippen LogP contribution is 2.38. The topological polar surface area (TPSA) is 106 Å². The maximum absolute atomic E-state index is 12.3. The van der Waals surface area contributed by atoms with Crippen molar-refractivity contribution in [2.24, 2.45) is 5.10 Å². The van der Waals surface area contributed by atoms with E-state index in [0.717, 1.165) is 36.1 Å². The summed E-state index contributed by atoms with van der Waals surface area (Å²) in [6.07, 6.45) is 5.00. The van der Waals surface area contributed by atoms with Gasteiger partial charge in [-0.1, -0.05) is 12.1 Å². The minimum absolute atomic E-state index is 0.333. The Labute approximate surface area is 178 Å². The Morgan fingerprint density at radius 3 is 2.70 bits per heavy atom. The number of aryl methyl sites for hydroxylation is 1. The summed E-state index contributed by atoms with van der Waals surface area (Å²) in [7, 11) is 1.29. The SMILES string of the molecule is CCOc1ccccc1/C=N/NC(=O)C(=O)Nc1sc2c(c1C(=O)OC)CCCC2. The molecule has 0 fully saturated rings. The number of nitrogens with one attached hydrogen (secondary N) is 2. The molecule has 1 heterocycles. The van der Waals surface area contributed by atoms with Crippen molar-refractivity contribution < 1.29 is 23.9 Å². The van der Waals surface area contributed by atoms with E-state index in [-0.39, 0.29) is 0 Å². The van der Waals surface area contributed by atoms with Gasteiger partial charge in [0.2, 0.25) is 0 Å². The first-order valence-corrected chi connectivity index (χ1v) is 10.5. The third-order valence-corrected chi connectivity index (χ3v) is 5.79. The number of amides is 2. The molecule has 0 radical (unpaired) electrons. The number of benzene rings is 1. The average Bonchev–Trinajstić information content (AvgIpc) is 3.12. The normalized spacial score (nSPS) is 12.9. The van der Waals surface area contributed by atoms with E-state index in [2.05, 4.69) is 15.8 Å². The first-order chi connectivity index (χ1) is 14.5. The Hall–Kier alpha value is -3.20. The van der Waals surface area contributed by atoms with Crippen LogP contribution < -0.4 is 15.5 Å². The van der Waals surface area contributed by atoms with Gasteiger partial charge in [0.25, 0.3) is 0 Å². The number of ether oxygens (including phenoxy) is 2. The van der Waals surface area contributed by atoms with Crippen molar-refractivity contribution in [2.45, 2.75) is 32.6 Å². The van der Waals surface area contributed by atoms with Crippen LogP contribution in [0.5, 0.6) is 5.75 Å². The minimum atomic E-state index is -0.942. The zero-order valence-corrected chi connectivity index (χ0v) is 17.6. The molecule has 0 aliphatic heterocycles. The number of methoxy groups -OCH3 is 1. The lowest BCUT2D eigenvalue weighted by atomic mass is 9.95. The van der Waals surface area contributed by atoms with Gasteiger partial charge < -0.3 is 14.8 Å². The molecule has 0 saturated carbocycles. The maximum Gasteiger partial charge on any atom is 0.341 e. The second-order valence-corrected chi connectivity index (χ2v) is 7.64. The molecule has 9 heteroatoms. The summed E-state index contributed by atoms with van der Waals surface area (Å²) in [6.45, 7) is 2.36. The fraction of sp³-hybridized carbons (Fsp3) is 0.333. The van der Waals surface area contributed by atoms with Gasteiger partial charge in [-0.3, -0.25) is 9.59 Å². The van der Waals surface area contributed by atoms with Crippen LogP contribution in [0.2, 0.25) is 0 Å². The van der Waals surface area contributed by atoms with Crippen LogP contribution in [0.25, 0.3) is 0 Å². The lowest BCUT2D eigenvalue weighted by Crippen LogP contribution is -2.32. The lowest BCUT2D eigenvalue weighted by Gasteiger charge is -2.11. The first-order valence-electron chi connectivity index (χ1n) is 9.64. The molecule has 1 aliphatic carbocycles. The quantitative estimate of drug-likeness (QED) is 0.318. The number of para-hydroxylation sites is 1. The predicted octanol–water partition coefficient (Wildman–Crippen LogP) is 2.90. The first kappa shape index (κ1) is 21.5. The Morgan fingerprint density at radius 1 is 1.17 bits per heavy atom. The number of rotatable bonds is 6. The molecule has 0 unspecified atom stereocenters.